The fourth-order valence-electron chi connectivity index (χ4n) is 1.66. The third kappa shape index (κ3) is 2.22. The number of aromatic amines is 1. The molecule has 4 N–H and O–H groups in total. The summed E-state index contributed by atoms with van der Waals surface area (Å²) in [6.07, 6.45) is 0.652. The average Bonchev–Trinajstić information content (AvgIpc) is 2.70. The van der Waals surface area contributed by atoms with Crippen LogP contribution in [0.4, 0.5) is 11.5 Å². The molecule has 0 aliphatic rings. The molecule has 0 atom stereocenters. The van der Waals surface area contributed by atoms with E-state index < -0.39 is 0 Å². The van der Waals surface area contributed by atoms with Crippen LogP contribution in [0.15, 0.2) is 24.3 Å². The average molecular weight is 244 g/mol. The van der Waals surface area contributed by atoms with Crippen LogP contribution >= 0.6 is 0 Å². The Morgan fingerprint density at radius 3 is 2.94 bits per heavy atom. The Balaban J connectivity index is 2.44. The first-order valence-electron chi connectivity index (χ1n) is 5.29. The number of anilines is 2. The zero-order valence-electron chi connectivity index (χ0n) is 9.73. The summed E-state index contributed by atoms with van der Waals surface area (Å²) in [5.41, 5.74) is 7.79. The van der Waals surface area contributed by atoms with Crippen LogP contribution in [0.25, 0.3) is 11.3 Å². The molecule has 1 heterocycles. The third-order valence-electron chi connectivity index (χ3n) is 2.42. The van der Waals surface area contributed by atoms with E-state index in [0.717, 1.165) is 5.56 Å². The van der Waals surface area contributed by atoms with Crippen molar-refractivity contribution in [1.82, 2.24) is 10.2 Å². The number of hydrogen-bond acceptors (Lipinski definition) is 4. The van der Waals surface area contributed by atoms with Gasteiger partial charge in [0.25, 0.3) is 0 Å². The summed E-state index contributed by atoms with van der Waals surface area (Å²) in [6.45, 7) is 1.43. The van der Waals surface area contributed by atoms with Gasteiger partial charge in [-0.3, -0.25) is 14.7 Å². The lowest BCUT2D eigenvalue weighted by molar-refractivity contribution is -0.114. The standard InChI is InChI=1S/C12H12N4O2/c1-7(18)14-9-4-2-3-8(5-9)11-10(6-17)12(13)16-15-11/h2-6H,1H3,(H,14,18)(H3,13,15,16). The quantitative estimate of drug-likeness (QED) is 0.711. The second kappa shape index (κ2) is 4.70. The summed E-state index contributed by atoms with van der Waals surface area (Å²) in [5, 5.41) is 9.16. The van der Waals surface area contributed by atoms with Gasteiger partial charge in [0.15, 0.2) is 12.1 Å². The van der Waals surface area contributed by atoms with Crippen molar-refractivity contribution >= 4 is 23.7 Å². The summed E-state index contributed by atoms with van der Waals surface area (Å²) in [5.74, 6) is -0.00295. The van der Waals surface area contributed by atoms with Crippen LogP contribution in [0.3, 0.4) is 0 Å². The van der Waals surface area contributed by atoms with Crippen LogP contribution in [0.5, 0.6) is 0 Å². The highest BCUT2D eigenvalue weighted by atomic mass is 16.1. The molecule has 0 aliphatic heterocycles. The van der Waals surface area contributed by atoms with Gasteiger partial charge in [-0.2, -0.15) is 5.10 Å². The smallest absolute Gasteiger partial charge is 0.221 e. The minimum Gasteiger partial charge on any atom is -0.382 e. The largest absolute Gasteiger partial charge is 0.382 e. The maximum Gasteiger partial charge on any atom is 0.221 e. The first-order valence-corrected chi connectivity index (χ1v) is 5.29. The summed E-state index contributed by atoms with van der Waals surface area (Å²) in [6, 6.07) is 7.06. The number of benzene rings is 1. The van der Waals surface area contributed by atoms with Crippen LogP contribution in [-0.2, 0) is 4.79 Å². The van der Waals surface area contributed by atoms with Crippen molar-refractivity contribution in [2.75, 3.05) is 11.1 Å². The first kappa shape index (κ1) is 11.8. The van der Waals surface area contributed by atoms with Crippen molar-refractivity contribution in [2.24, 2.45) is 0 Å². The van der Waals surface area contributed by atoms with Gasteiger partial charge in [0.2, 0.25) is 5.91 Å². The molecule has 0 radical (unpaired) electrons. The molecule has 0 bridgehead atoms. The lowest BCUT2D eigenvalue weighted by Gasteiger charge is -2.04. The molecular weight excluding hydrogens is 232 g/mol. The van der Waals surface area contributed by atoms with Crippen LogP contribution in [0.1, 0.15) is 17.3 Å². The molecule has 0 saturated heterocycles. The van der Waals surface area contributed by atoms with Crippen LogP contribution in [-0.4, -0.2) is 22.4 Å². The Labute approximate surface area is 103 Å². The molecule has 1 amide bonds. The number of amides is 1. The molecule has 0 saturated carbocycles. The Bertz CT molecular complexity index is 604. The Hall–Kier alpha value is -2.63. The predicted molar refractivity (Wildman–Crippen MR) is 68.1 cm³/mol. The molecule has 0 aliphatic carbocycles. The van der Waals surface area contributed by atoms with E-state index in [1.54, 1.807) is 24.3 Å². The predicted octanol–water partition coefficient (Wildman–Crippen LogP) is 1.43. The number of carbonyl (C=O) groups excluding carboxylic acids is 2. The molecule has 0 fully saturated rings. The van der Waals surface area contributed by atoms with Crippen LogP contribution in [0, 0.1) is 0 Å². The molecule has 18 heavy (non-hydrogen) atoms. The van der Waals surface area contributed by atoms with Crippen LogP contribution < -0.4 is 11.1 Å². The maximum atomic E-state index is 11.0. The van der Waals surface area contributed by atoms with Gasteiger partial charge in [0.1, 0.15) is 0 Å². The van der Waals surface area contributed by atoms with Gasteiger partial charge in [0, 0.05) is 18.2 Å². The van der Waals surface area contributed by atoms with Gasteiger partial charge in [-0.05, 0) is 12.1 Å². The van der Waals surface area contributed by atoms with Gasteiger partial charge in [-0.1, -0.05) is 12.1 Å². The third-order valence-corrected chi connectivity index (χ3v) is 2.42. The van der Waals surface area contributed by atoms with E-state index in [-0.39, 0.29) is 11.7 Å². The topological polar surface area (TPSA) is 101 Å². The molecule has 1 aromatic carbocycles. The van der Waals surface area contributed by atoms with E-state index in [1.165, 1.54) is 6.92 Å². The van der Waals surface area contributed by atoms with E-state index >= 15 is 0 Å². The van der Waals surface area contributed by atoms with Gasteiger partial charge < -0.3 is 11.1 Å². The highest BCUT2D eigenvalue weighted by molar-refractivity contribution is 5.93. The molecule has 6 nitrogen and oxygen atoms in total. The number of carbonyl (C=O) groups is 2. The van der Waals surface area contributed by atoms with Crippen molar-refractivity contribution in [3.05, 3.63) is 29.8 Å². The fourth-order valence-corrected chi connectivity index (χ4v) is 1.66. The number of H-pyrrole nitrogens is 1. The lowest BCUT2D eigenvalue weighted by atomic mass is 10.1. The van der Waals surface area contributed by atoms with Gasteiger partial charge in [0.05, 0.1) is 11.3 Å². The number of nitrogens with one attached hydrogen (secondary N) is 2. The summed E-state index contributed by atoms with van der Waals surface area (Å²) >= 11 is 0. The summed E-state index contributed by atoms with van der Waals surface area (Å²) in [7, 11) is 0. The number of hydrogen-bond donors (Lipinski definition) is 3. The number of aromatic nitrogens is 2. The molecular formula is C12H12N4O2. The highest BCUT2D eigenvalue weighted by Gasteiger charge is 2.12. The van der Waals surface area contributed by atoms with E-state index in [4.69, 9.17) is 5.73 Å². The Morgan fingerprint density at radius 2 is 2.28 bits per heavy atom. The Kier molecular flexibility index (Phi) is 3.09. The Morgan fingerprint density at radius 1 is 1.50 bits per heavy atom. The molecule has 0 spiro atoms. The molecule has 2 rings (SSSR count). The zero-order valence-corrected chi connectivity index (χ0v) is 9.73. The minimum atomic E-state index is -0.160. The van der Waals surface area contributed by atoms with E-state index in [9.17, 15) is 9.59 Å². The minimum absolute atomic E-state index is 0.157. The summed E-state index contributed by atoms with van der Waals surface area (Å²) < 4.78 is 0. The van der Waals surface area contributed by atoms with Gasteiger partial charge in [-0.15, -0.1) is 0 Å². The SMILES string of the molecule is CC(=O)Nc1cccc(-c2[nH]nc(N)c2C=O)c1. The summed E-state index contributed by atoms with van der Waals surface area (Å²) in [4.78, 5) is 21.9. The molecule has 0 unspecified atom stereocenters. The zero-order chi connectivity index (χ0) is 13.1. The van der Waals surface area contributed by atoms with Crippen molar-refractivity contribution in [3.63, 3.8) is 0 Å². The van der Waals surface area contributed by atoms with Crippen molar-refractivity contribution in [2.45, 2.75) is 6.92 Å². The second-order valence-electron chi connectivity index (χ2n) is 3.78. The number of rotatable bonds is 3. The molecule has 2 aromatic rings. The number of aldehydes is 1. The monoisotopic (exact) mass is 244 g/mol. The normalized spacial score (nSPS) is 10.1. The van der Waals surface area contributed by atoms with E-state index in [1.807, 2.05) is 0 Å². The highest BCUT2D eigenvalue weighted by Crippen LogP contribution is 2.25. The van der Waals surface area contributed by atoms with Gasteiger partial charge >= 0.3 is 0 Å². The van der Waals surface area contributed by atoms with Gasteiger partial charge in [-0.25, -0.2) is 0 Å². The molecule has 1 aromatic heterocycles. The number of nitrogen functional groups attached to an aromatic ring is 1. The second-order valence-corrected chi connectivity index (χ2v) is 3.78. The number of nitrogens with zero attached hydrogens (tertiary/aromatic N) is 1. The lowest BCUT2D eigenvalue weighted by Crippen LogP contribution is -2.05. The van der Waals surface area contributed by atoms with E-state index in [2.05, 4.69) is 15.5 Å². The van der Waals surface area contributed by atoms with Crippen LogP contribution in [0.2, 0.25) is 0 Å². The van der Waals surface area contributed by atoms with Crippen molar-refractivity contribution < 1.29 is 9.59 Å². The first-order chi connectivity index (χ1) is 8.61. The molecule has 92 valence electrons. The van der Waals surface area contributed by atoms with E-state index in [0.29, 0.717) is 23.2 Å². The molecule has 6 heteroatoms. The number of nitrogens with two attached hydrogens (primary N) is 1. The fraction of sp³-hybridized carbons (Fsp3) is 0.0833. The van der Waals surface area contributed by atoms with Crippen molar-refractivity contribution in [3.8, 4) is 11.3 Å². The van der Waals surface area contributed by atoms with Crippen molar-refractivity contribution in [1.29, 1.82) is 0 Å². The maximum absolute atomic E-state index is 11.0.